The average Bonchev–Trinajstić information content (AvgIpc) is 2.99. The third kappa shape index (κ3) is 3.27. The van der Waals surface area contributed by atoms with Crippen LogP contribution in [0.2, 0.25) is 12.6 Å². The summed E-state index contributed by atoms with van der Waals surface area (Å²) in [6, 6.07) is 26.5. The van der Waals surface area contributed by atoms with Crippen molar-refractivity contribution in [3.63, 3.8) is 0 Å². The Morgan fingerprint density at radius 1 is 0.731 bits per heavy atom. The second-order valence-corrected chi connectivity index (χ2v) is 7.04. The number of benzene rings is 2. The van der Waals surface area contributed by atoms with Gasteiger partial charge in [-0.05, 0) is 25.0 Å². The van der Waals surface area contributed by atoms with Gasteiger partial charge in [0.25, 0.3) is 0 Å². The van der Waals surface area contributed by atoms with Gasteiger partial charge in [0.2, 0.25) is 5.69 Å². The smallest absolute Gasteiger partial charge is 0.458 e. The molecule has 2 heterocycles. The second kappa shape index (κ2) is 7.16. The first-order valence-electron chi connectivity index (χ1n) is 9.27. The van der Waals surface area contributed by atoms with Crippen LogP contribution in [-0.2, 0) is 17.5 Å². The molecule has 0 spiro atoms. The van der Waals surface area contributed by atoms with Crippen molar-refractivity contribution in [2.24, 2.45) is 0 Å². The van der Waals surface area contributed by atoms with Crippen LogP contribution in [0, 0.1) is 0 Å². The number of aromatic nitrogens is 1. The number of rotatable bonds is 6. The highest BCUT2D eigenvalue weighted by atomic mass is 16.5. The van der Waals surface area contributed by atoms with Gasteiger partial charge in [-0.15, -0.1) is 0 Å². The molecule has 0 saturated heterocycles. The molecule has 4 heteroatoms. The first kappa shape index (κ1) is 16.6. The van der Waals surface area contributed by atoms with Crippen LogP contribution >= 0.6 is 0 Å². The Hall–Kier alpha value is -2.88. The summed E-state index contributed by atoms with van der Waals surface area (Å²) in [5.74, 6) is -0.202. The molecule has 130 valence electrons. The van der Waals surface area contributed by atoms with E-state index in [0.717, 1.165) is 25.5 Å². The topological polar surface area (TPSA) is 30.2 Å². The Kier molecular flexibility index (Phi) is 4.57. The lowest BCUT2D eigenvalue weighted by Crippen LogP contribution is -2.63. The fraction of sp³-hybridized carbons (Fsp3) is 0.182. The molecule has 0 amide bonds. The molecule has 0 bridgehead atoms. The van der Waals surface area contributed by atoms with Crippen LogP contribution in [0.25, 0.3) is 0 Å². The number of carbonyl (C=O) groups is 1. The molecular formula is C22H22BNO2. The van der Waals surface area contributed by atoms with Crippen LogP contribution in [0.3, 0.4) is 0 Å². The summed E-state index contributed by atoms with van der Waals surface area (Å²) in [5, 5.41) is 0. The van der Waals surface area contributed by atoms with Crippen LogP contribution in [0.5, 0.6) is 0 Å². The van der Waals surface area contributed by atoms with E-state index >= 15 is 0 Å². The van der Waals surface area contributed by atoms with Crippen molar-refractivity contribution in [2.75, 3.05) is 0 Å². The van der Waals surface area contributed by atoms with Gasteiger partial charge in [-0.25, -0.2) is 4.79 Å². The third-order valence-electron chi connectivity index (χ3n) is 5.39. The van der Waals surface area contributed by atoms with Crippen molar-refractivity contribution in [2.45, 2.75) is 25.5 Å². The minimum atomic E-state index is -1.43. The van der Waals surface area contributed by atoms with Crippen molar-refractivity contribution in [1.29, 1.82) is 0 Å². The lowest BCUT2D eigenvalue weighted by atomic mass is 9.45. The Labute approximate surface area is 154 Å². The van der Waals surface area contributed by atoms with E-state index in [4.69, 9.17) is 4.65 Å². The molecule has 3 nitrogen and oxygen atoms in total. The van der Waals surface area contributed by atoms with Crippen LogP contribution < -0.4 is 4.48 Å². The molecule has 0 radical (unpaired) electrons. The van der Waals surface area contributed by atoms with Crippen molar-refractivity contribution < 1.29 is 13.9 Å². The van der Waals surface area contributed by atoms with Crippen LogP contribution in [0.15, 0.2) is 85.1 Å². The average molecular weight is 343 g/mol. The summed E-state index contributed by atoms with van der Waals surface area (Å²) in [4.78, 5) is 12.5. The maximum absolute atomic E-state index is 12.5. The van der Waals surface area contributed by atoms with Gasteiger partial charge >= 0.3 is 12.5 Å². The summed E-state index contributed by atoms with van der Waals surface area (Å²) in [7, 11) is 0. The third-order valence-corrected chi connectivity index (χ3v) is 5.39. The van der Waals surface area contributed by atoms with E-state index < -0.39 is 6.48 Å². The standard InChI is InChI=1S/C22H22BNO2/c25-22-21-13-7-8-18-24(21)23(26-22,16-14-19-9-3-1-4-10-19)17-15-20-11-5-2-6-12-20/h1-13,18H,14-17H2. The van der Waals surface area contributed by atoms with E-state index in [1.807, 2.05) is 36.5 Å². The molecule has 4 rings (SSSR count). The molecule has 0 unspecified atom stereocenters. The molecule has 2 aromatic carbocycles. The van der Waals surface area contributed by atoms with Gasteiger partial charge in [-0.2, -0.15) is 0 Å². The number of carbonyl (C=O) groups excluding carboxylic acids is 1. The predicted octanol–water partition coefficient (Wildman–Crippen LogP) is 3.92. The van der Waals surface area contributed by atoms with E-state index in [1.165, 1.54) is 11.1 Å². The van der Waals surface area contributed by atoms with E-state index in [-0.39, 0.29) is 5.97 Å². The van der Waals surface area contributed by atoms with Crippen molar-refractivity contribution in [1.82, 2.24) is 0 Å². The zero-order chi connectivity index (χ0) is 17.8. The van der Waals surface area contributed by atoms with Gasteiger partial charge in [0.15, 0.2) is 0 Å². The summed E-state index contributed by atoms with van der Waals surface area (Å²) in [6.07, 6.45) is 5.43. The number of hydrogen-bond acceptors (Lipinski definition) is 2. The molecule has 1 aromatic heterocycles. The van der Waals surface area contributed by atoms with Gasteiger partial charge in [-0.3, -0.25) is 0 Å². The fourth-order valence-corrected chi connectivity index (χ4v) is 3.97. The van der Waals surface area contributed by atoms with E-state index in [0.29, 0.717) is 5.69 Å². The van der Waals surface area contributed by atoms with Crippen molar-refractivity contribution >= 4 is 12.5 Å². The van der Waals surface area contributed by atoms with Gasteiger partial charge in [0, 0.05) is 6.07 Å². The second-order valence-electron chi connectivity index (χ2n) is 7.04. The summed E-state index contributed by atoms with van der Waals surface area (Å²) in [5.41, 5.74) is 3.21. The lowest BCUT2D eigenvalue weighted by molar-refractivity contribution is -0.553. The number of hydrogen-bond donors (Lipinski definition) is 0. The van der Waals surface area contributed by atoms with E-state index in [2.05, 4.69) is 53.0 Å². The summed E-state index contributed by atoms with van der Waals surface area (Å²) >= 11 is 0. The Morgan fingerprint density at radius 3 is 1.85 bits per heavy atom. The van der Waals surface area contributed by atoms with E-state index in [1.54, 1.807) is 0 Å². The van der Waals surface area contributed by atoms with Crippen molar-refractivity contribution in [3.05, 3.63) is 102 Å². The zero-order valence-electron chi connectivity index (χ0n) is 14.8. The maximum atomic E-state index is 12.5. The predicted molar refractivity (Wildman–Crippen MR) is 103 cm³/mol. The minimum absolute atomic E-state index is 0.202. The monoisotopic (exact) mass is 343 g/mol. The highest BCUT2D eigenvalue weighted by molar-refractivity contribution is 6.68. The number of aryl methyl sites for hydroxylation is 2. The molecular weight excluding hydrogens is 321 g/mol. The van der Waals surface area contributed by atoms with Gasteiger partial charge in [0.1, 0.15) is 6.20 Å². The van der Waals surface area contributed by atoms with Gasteiger partial charge in [-0.1, -0.05) is 84.4 Å². The Balaban J connectivity index is 1.62. The normalized spacial score (nSPS) is 14.7. The summed E-state index contributed by atoms with van der Waals surface area (Å²) in [6.45, 7) is -1.43. The lowest BCUT2D eigenvalue weighted by Gasteiger charge is -2.28. The quantitative estimate of drug-likeness (QED) is 0.635. The van der Waals surface area contributed by atoms with Crippen LogP contribution in [-0.4, -0.2) is 12.5 Å². The molecule has 1 aliphatic heterocycles. The van der Waals surface area contributed by atoms with Gasteiger partial charge in [0.05, 0.1) is 0 Å². The number of pyridine rings is 1. The molecule has 1 aliphatic rings. The van der Waals surface area contributed by atoms with Crippen molar-refractivity contribution in [3.8, 4) is 0 Å². The number of nitrogens with zero attached hydrogens (tertiary/aromatic N) is 1. The molecule has 3 aromatic rings. The summed E-state index contributed by atoms with van der Waals surface area (Å²) < 4.78 is 8.14. The largest absolute Gasteiger partial charge is 0.624 e. The minimum Gasteiger partial charge on any atom is -0.624 e. The molecule has 0 fully saturated rings. The zero-order valence-corrected chi connectivity index (χ0v) is 14.8. The number of fused-ring (bicyclic) bond motifs is 1. The fourth-order valence-electron chi connectivity index (χ4n) is 3.97. The Bertz CT molecular complexity index is 853. The maximum Gasteiger partial charge on any atom is 0.458 e. The first-order valence-corrected chi connectivity index (χ1v) is 9.27. The SMILES string of the molecule is O=C1O[B-](CCc2ccccc2)(CCc2ccccc2)[n+]2ccccc21. The molecule has 0 atom stereocenters. The Morgan fingerprint density at radius 2 is 1.27 bits per heavy atom. The molecule has 0 N–H and O–H groups in total. The van der Waals surface area contributed by atoms with Gasteiger partial charge < -0.3 is 9.13 Å². The highest BCUT2D eigenvalue weighted by Crippen LogP contribution is 2.26. The van der Waals surface area contributed by atoms with Crippen LogP contribution in [0.4, 0.5) is 0 Å². The van der Waals surface area contributed by atoms with Crippen LogP contribution in [0.1, 0.15) is 21.6 Å². The molecule has 0 aliphatic carbocycles. The molecule has 26 heavy (non-hydrogen) atoms. The first-order chi connectivity index (χ1) is 12.8. The molecule has 0 saturated carbocycles. The van der Waals surface area contributed by atoms with E-state index in [9.17, 15) is 4.79 Å². The highest BCUT2D eigenvalue weighted by Gasteiger charge is 2.49.